The third-order valence-electron chi connectivity index (χ3n) is 1.54. The van der Waals surface area contributed by atoms with Crippen LogP contribution in [0, 0.1) is 0 Å². The van der Waals surface area contributed by atoms with E-state index in [0.29, 0.717) is 23.1 Å². The van der Waals surface area contributed by atoms with Crippen molar-refractivity contribution in [3.8, 4) is 0 Å². The van der Waals surface area contributed by atoms with Crippen LogP contribution < -0.4 is 5.32 Å². The summed E-state index contributed by atoms with van der Waals surface area (Å²) in [5, 5.41) is 4.00. The Balaban J connectivity index is 2.57. The summed E-state index contributed by atoms with van der Waals surface area (Å²) in [5.41, 5.74) is 1.01. The first-order chi connectivity index (χ1) is 6.24. The minimum absolute atomic E-state index is 0.347. The molecule has 0 aromatic heterocycles. The molecule has 1 rings (SSSR count). The van der Waals surface area contributed by atoms with Gasteiger partial charge in [0.05, 0.1) is 16.6 Å². The summed E-state index contributed by atoms with van der Waals surface area (Å²) in [6.45, 7) is 0.968. The number of hydrogen-bond acceptors (Lipinski definition) is 2. The van der Waals surface area contributed by atoms with Gasteiger partial charge in [-0.05, 0) is 17.7 Å². The van der Waals surface area contributed by atoms with Gasteiger partial charge in [-0.2, -0.15) is 0 Å². The van der Waals surface area contributed by atoms with Gasteiger partial charge in [-0.3, -0.25) is 0 Å². The molecule has 2 nitrogen and oxygen atoms in total. The van der Waals surface area contributed by atoms with Crippen LogP contribution in [0.3, 0.4) is 0 Å². The molecule has 0 amide bonds. The number of carbonyl (C=O) groups excluding carboxylic acids is 1. The SMILES string of the molecule is O=CCNCc1ccc(Cl)c(Cl)c1. The van der Waals surface area contributed by atoms with Crippen molar-refractivity contribution < 1.29 is 4.79 Å². The molecule has 0 saturated heterocycles. The molecule has 1 aromatic rings. The van der Waals surface area contributed by atoms with E-state index in [1.165, 1.54) is 0 Å². The summed E-state index contributed by atoms with van der Waals surface area (Å²) in [7, 11) is 0. The minimum atomic E-state index is 0.347. The molecule has 0 spiro atoms. The molecule has 0 heterocycles. The summed E-state index contributed by atoms with van der Waals surface area (Å²) >= 11 is 11.5. The van der Waals surface area contributed by atoms with E-state index in [4.69, 9.17) is 23.2 Å². The first-order valence-electron chi connectivity index (χ1n) is 3.82. The Bertz CT molecular complexity index is 302. The van der Waals surface area contributed by atoms with Crippen LogP contribution in [0.25, 0.3) is 0 Å². The van der Waals surface area contributed by atoms with Crippen LogP contribution in [0.1, 0.15) is 5.56 Å². The number of halogens is 2. The summed E-state index contributed by atoms with van der Waals surface area (Å²) in [6.07, 6.45) is 0.817. The van der Waals surface area contributed by atoms with Crippen molar-refractivity contribution in [2.45, 2.75) is 6.54 Å². The number of rotatable bonds is 4. The molecule has 0 aliphatic heterocycles. The van der Waals surface area contributed by atoms with Gasteiger partial charge in [-0.1, -0.05) is 29.3 Å². The van der Waals surface area contributed by atoms with E-state index >= 15 is 0 Å². The Hall–Kier alpha value is -0.570. The normalized spacial score (nSPS) is 10.0. The maximum atomic E-state index is 10.0. The smallest absolute Gasteiger partial charge is 0.133 e. The molecular weight excluding hydrogens is 209 g/mol. The third kappa shape index (κ3) is 3.35. The molecule has 4 heteroatoms. The quantitative estimate of drug-likeness (QED) is 0.620. The van der Waals surface area contributed by atoms with Crippen LogP contribution in [0.15, 0.2) is 18.2 Å². The Kier molecular flexibility index (Phi) is 4.22. The molecule has 0 unspecified atom stereocenters. The van der Waals surface area contributed by atoms with E-state index in [-0.39, 0.29) is 0 Å². The van der Waals surface area contributed by atoms with Gasteiger partial charge < -0.3 is 10.1 Å². The average Bonchev–Trinajstić information content (AvgIpc) is 2.12. The van der Waals surface area contributed by atoms with Gasteiger partial charge in [0.1, 0.15) is 6.29 Å². The predicted molar refractivity (Wildman–Crippen MR) is 54.2 cm³/mol. The van der Waals surface area contributed by atoms with Crippen LogP contribution in [0.5, 0.6) is 0 Å². The molecule has 0 fully saturated rings. The van der Waals surface area contributed by atoms with E-state index in [0.717, 1.165) is 11.8 Å². The van der Waals surface area contributed by atoms with Gasteiger partial charge in [0.2, 0.25) is 0 Å². The number of benzene rings is 1. The van der Waals surface area contributed by atoms with Gasteiger partial charge >= 0.3 is 0 Å². The number of aldehydes is 1. The van der Waals surface area contributed by atoms with Crippen LogP contribution in [0.2, 0.25) is 10.0 Å². The van der Waals surface area contributed by atoms with Gasteiger partial charge in [0, 0.05) is 6.54 Å². The molecule has 13 heavy (non-hydrogen) atoms. The van der Waals surface area contributed by atoms with Gasteiger partial charge in [-0.25, -0.2) is 0 Å². The average molecular weight is 218 g/mol. The van der Waals surface area contributed by atoms with Crippen molar-refractivity contribution in [3.05, 3.63) is 33.8 Å². The Labute approximate surface area is 86.8 Å². The van der Waals surface area contributed by atoms with E-state index in [1.807, 2.05) is 6.07 Å². The van der Waals surface area contributed by atoms with Crippen molar-refractivity contribution in [1.82, 2.24) is 5.32 Å². The molecule has 0 bridgehead atoms. The lowest BCUT2D eigenvalue weighted by atomic mass is 10.2. The highest BCUT2D eigenvalue weighted by molar-refractivity contribution is 6.42. The standard InChI is InChI=1S/C9H9Cl2NO/c10-8-2-1-7(5-9(8)11)6-12-3-4-13/h1-2,4-5,12H,3,6H2. The van der Waals surface area contributed by atoms with Crippen molar-refractivity contribution in [1.29, 1.82) is 0 Å². The van der Waals surface area contributed by atoms with Crippen LogP contribution in [-0.2, 0) is 11.3 Å². The lowest BCUT2D eigenvalue weighted by Gasteiger charge is -2.02. The molecule has 0 radical (unpaired) electrons. The monoisotopic (exact) mass is 217 g/mol. The van der Waals surface area contributed by atoms with E-state index in [9.17, 15) is 4.79 Å². The summed E-state index contributed by atoms with van der Waals surface area (Å²) < 4.78 is 0. The van der Waals surface area contributed by atoms with Crippen LogP contribution in [-0.4, -0.2) is 12.8 Å². The van der Waals surface area contributed by atoms with Gasteiger partial charge in [0.25, 0.3) is 0 Å². The fourth-order valence-electron chi connectivity index (χ4n) is 0.925. The zero-order valence-corrected chi connectivity index (χ0v) is 8.40. The Morgan fingerprint density at radius 1 is 1.31 bits per heavy atom. The summed E-state index contributed by atoms with van der Waals surface area (Å²) in [6, 6.07) is 5.38. The van der Waals surface area contributed by atoms with Gasteiger partial charge in [-0.15, -0.1) is 0 Å². The van der Waals surface area contributed by atoms with E-state index < -0.39 is 0 Å². The second-order valence-corrected chi connectivity index (χ2v) is 3.36. The molecule has 0 aliphatic carbocycles. The highest BCUT2D eigenvalue weighted by Gasteiger charge is 1.98. The lowest BCUT2D eigenvalue weighted by molar-refractivity contribution is -0.107. The number of carbonyl (C=O) groups is 1. The van der Waals surface area contributed by atoms with Crippen molar-refractivity contribution >= 4 is 29.5 Å². The molecule has 1 N–H and O–H groups in total. The Morgan fingerprint density at radius 3 is 2.69 bits per heavy atom. The second kappa shape index (κ2) is 5.22. The minimum Gasteiger partial charge on any atom is -0.306 e. The second-order valence-electron chi connectivity index (χ2n) is 2.55. The third-order valence-corrected chi connectivity index (χ3v) is 2.28. The fraction of sp³-hybridized carbons (Fsp3) is 0.222. The van der Waals surface area contributed by atoms with E-state index in [2.05, 4.69) is 5.32 Å². The molecule has 70 valence electrons. The molecular formula is C9H9Cl2NO. The van der Waals surface area contributed by atoms with Crippen molar-refractivity contribution in [3.63, 3.8) is 0 Å². The van der Waals surface area contributed by atoms with Crippen LogP contribution in [0.4, 0.5) is 0 Å². The van der Waals surface area contributed by atoms with Crippen molar-refractivity contribution in [2.24, 2.45) is 0 Å². The summed E-state index contributed by atoms with van der Waals surface area (Å²) in [5.74, 6) is 0. The molecule has 1 aromatic carbocycles. The Morgan fingerprint density at radius 2 is 2.08 bits per heavy atom. The molecule has 0 saturated carbocycles. The zero-order valence-electron chi connectivity index (χ0n) is 6.89. The maximum absolute atomic E-state index is 10.0. The topological polar surface area (TPSA) is 29.1 Å². The van der Waals surface area contributed by atoms with Crippen LogP contribution >= 0.6 is 23.2 Å². The predicted octanol–water partition coefficient (Wildman–Crippen LogP) is 2.28. The highest BCUT2D eigenvalue weighted by Crippen LogP contribution is 2.22. The number of hydrogen-bond donors (Lipinski definition) is 1. The first-order valence-corrected chi connectivity index (χ1v) is 4.58. The van der Waals surface area contributed by atoms with Crippen molar-refractivity contribution in [2.75, 3.05) is 6.54 Å². The largest absolute Gasteiger partial charge is 0.306 e. The first kappa shape index (κ1) is 10.5. The molecule has 0 atom stereocenters. The lowest BCUT2D eigenvalue weighted by Crippen LogP contribution is -2.15. The highest BCUT2D eigenvalue weighted by atomic mass is 35.5. The zero-order chi connectivity index (χ0) is 9.68. The molecule has 0 aliphatic rings. The fourth-order valence-corrected chi connectivity index (χ4v) is 1.25. The van der Waals surface area contributed by atoms with Gasteiger partial charge in [0.15, 0.2) is 0 Å². The summed E-state index contributed by atoms with van der Waals surface area (Å²) in [4.78, 5) is 10.0. The number of nitrogens with one attached hydrogen (secondary N) is 1. The van der Waals surface area contributed by atoms with E-state index in [1.54, 1.807) is 12.1 Å². The maximum Gasteiger partial charge on any atom is 0.133 e.